The van der Waals surface area contributed by atoms with Crippen molar-refractivity contribution < 1.29 is 9.84 Å². The first-order valence-electron chi connectivity index (χ1n) is 3.07. The molecule has 0 saturated heterocycles. The molecule has 0 unspecified atom stereocenters. The summed E-state index contributed by atoms with van der Waals surface area (Å²) in [5.41, 5.74) is 0. The molecule has 9 heavy (non-hydrogen) atoms. The zero-order chi connectivity index (χ0) is 6.24. The fourth-order valence-corrected chi connectivity index (χ4v) is 0.407. The van der Waals surface area contributed by atoms with Gasteiger partial charge in [0.1, 0.15) is 6.61 Å². The zero-order valence-corrected chi connectivity index (χ0v) is 5.35. The Morgan fingerprint density at radius 1 is 1.33 bits per heavy atom. The molecule has 0 atom stereocenters. The SMILES string of the molecule is CCCCOCC[O].[MgH2]. The minimum Gasteiger partial charge on any atom is -0.379 e. The van der Waals surface area contributed by atoms with Crippen molar-refractivity contribution in [1.29, 1.82) is 0 Å². The molecule has 0 bridgehead atoms. The Morgan fingerprint density at radius 3 is 2.44 bits per heavy atom. The topological polar surface area (TPSA) is 29.1 Å². The first kappa shape index (κ1) is 12.4. The smallest absolute Gasteiger partial charge is 0.316 e. The van der Waals surface area contributed by atoms with Gasteiger partial charge in [-0.3, -0.25) is 0 Å². The molecule has 53 valence electrons. The highest BCUT2D eigenvalue weighted by Crippen LogP contribution is 1.85. The second kappa shape index (κ2) is 11.5. The van der Waals surface area contributed by atoms with Crippen LogP contribution < -0.4 is 0 Å². The van der Waals surface area contributed by atoms with Crippen LogP contribution in [0.1, 0.15) is 19.8 Å². The highest BCUT2D eigenvalue weighted by molar-refractivity contribution is 5.75. The van der Waals surface area contributed by atoms with Gasteiger partial charge in [-0.25, -0.2) is 5.11 Å². The van der Waals surface area contributed by atoms with E-state index < -0.39 is 0 Å². The lowest BCUT2D eigenvalue weighted by Crippen LogP contribution is -1.98. The van der Waals surface area contributed by atoms with E-state index in [2.05, 4.69) is 6.92 Å². The van der Waals surface area contributed by atoms with Gasteiger partial charge in [0.25, 0.3) is 0 Å². The average molecular weight is 143 g/mol. The van der Waals surface area contributed by atoms with E-state index in [9.17, 15) is 5.11 Å². The quantitative estimate of drug-likeness (QED) is 0.403. The Bertz CT molecular complexity index is 36.0. The summed E-state index contributed by atoms with van der Waals surface area (Å²) in [6, 6.07) is 0. The Morgan fingerprint density at radius 2 is 2.00 bits per heavy atom. The largest absolute Gasteiger partial charge is 0.379 e. The molecule has 1 radical (unpaired) electrons. The van der Waals surface area contributed by atoms with Gasteiger partial charge in [0, 0.05) is 6.61 Å². The Labute approximate surface area is 72.7 Å². The first-order valence-corrected chi connectivity index (χ1v) is 3.07. The molecule has 0 spiro atoms. The van der Waals surface area contributed by atoms with E-state index in [4.69, 9.17) is 4.74 Å². The molecule has 0 heterocycles. The van der Waals surface area contributed by atoms with Crippen LogP contribution in [0, 0.1) is 0 Å². The second-order valence-corrected chi connectivity index (χ2v) is 1.67. The van der Waals surface area contributed by atoms with Gasteiger partial charge >= 0.3 is 23.1 Å². The van der Waals surface area contributed by atoms with Crippen LogP contribution in [0.25, 0.3) is 0 Å². The Kier molecular flexibility index (Phi) is 15.8. The monoisotopic (exact) mass is 143 g/mol. The molecule has 3 heteroatoms. The lowest BCUT2D eigenvalue weighted by Gasteiger charge is -1.96. The van der Waals surface area contributed by atoms with E-state index in [0.29, 0.717) is 6.61 Å². The Hall–Kier alpha value is 0.686. The molecule has 0 rings (SSSR count). The van der Waals surface area contributed by atoms with Crippen molar-refractivity contribution in [2.24, 2.45) is 0 Å². The van der Waals surface area contributed by atoms with Crippen LogP contribution in [-0.2, 0) is 9.84 Å². The van der Waals surface area contributed by atoms with Gasteiger partial charge in [-0.2, -0.15) is 0 Å². The molecule has 2 nitrogen and oxygen atoms in total. The van der Waals surface area contributed by atoms with Gasteiger partial charge in [0.05, 0.1) is 6.61 Å². The normalized spacial score (nSPS) is 8.67. The maximum Gasteiger partial charge on any atom is 0.316 e. The van der Waals surface area contributed by atoms with E-state index in [1.54, 1.807) is 0 Å². The van der Waals surface area contributed by atoms with Crippen LogP contribution in [0.3, 0.4) is 0 Å². The summed E-state index contributed by atoms with van der Waals surface area (Å²) in [6.07, 6.45) is 2.21. The summed E-state index contributed by atoms with van der Waals surface area (Å²) in [6.45, 7) is 3.11. The number of rotatable bonds is 5. The summed E-state index contributed by atoms with van der Waals surface area (Å²) in [5.74, 6) is 0. The number of hydrogen-bond donors (Lipinski definition) is 0. The molecule has 0 amide bonds. The van der Waals surface area contributed by atoms with E-state index in [1.807, 2.05) is 0 Å². The van der Waals surface area contributed by atoms with Crippen LogP contribution in [0.2, 0.25) is 0 Å². The van der Waals surface area contributed by atoms with Gasteiger partial charge in [0.15, 0.2) is 0 Å². The third-order valence-electron chi connectivity index (χ3n) is 0.870. The highest BCUT2D eigenvalue weighted by atomic mass is 24.3. The number of unbranched alkanes of at least 4 members (excludes halogenated alkanes) is 1. The van der Waals surface area contributed by atoms with Crippen molar-refractivity contribution >= 4 is 23.1 Å². The molecular weight excluding hydrogens is 128 g/mol. The standard InChI is InChI=1S/C6H13O2.Mg.2H/c1-2-3-5-8-6-4-7;;;/h2-6H2,1H3;;;. The molecule has 0 N–H and O–H groups in total. The predicted molar refractivity (Wildman–Crippen MR) is 39.8 cm³/mol. The molecule has 0 aliphatic rings. The van der Waals surface area contributed by atoms with Crippen molar-refractivity contribution in [2.45, 2.75) is 19.8 Å². The maximum atomic E-state index is 9.77. The minimum absolute atomic E-state index is 0. The summed E-state index contributed by atoms with van der Waals surface area (Å²) < 4.78 is 4.91. The third-order valence-corrected chi connectivity index (χ3v) is 0.870. The molecular formula is C6H15MgO2. The third kappa shape index (κ3) is 12.0. The van der Waals surface area contributed by atoms with Crippen LogP contribution >= 0.6 is 0 Å². The van der Waals surface area contributed by atoms with Crippen LogP contribution in [0.4, 0.5) is 0 Å². The fourth-order valence-electron chi connectivity index (χ4n) is 0.407. The maximum absolute atomic E-state index is 9.77. The average Bonchev–Trinajstić information content (AvgIpc) is 1.81. The van der Waals surface area contributed by atoms with Crippen molar-refractivity contribution in [1.82, 2.24) is 0 Å². The van der Waals surface area contributed by atoms with Crippen molar-refractivity contribution in [3.8, 4) is 0 Å². The zero-order valence-electron chi connectivity index (χ0n) is 5.35. The molecule has 0 aromatic heterocycles. The lowest BCUT2D eigenvalue weighted by atomic mass is 10.4. The fraction of sp³-hybridized carbons (Fsp3) is 1.00. The molecule has 0 aliphatic heterocycles. The van der Waals surface area contributed by atoms with Crippen LogP contribution in [-0.4, -0.2) is 42.9 Å². The van der Waals surface area contributed by atoms with Gasteiger partial charge in [0.2, 0.25) is 0 Å². The van der Waals surface area contributed by atoms with E-state index in [0.717, 1.165) is 19.4 Å². The van der Waals surface area contributed by atoms with Crippen molar-refractivity contribution in [3.63, 3.8) is 0 Å². The van der Waals surface area contributed by atoms with Crippen molar-refractivity contribution in [3.05, 3.63) is 0 Å². The Balaban J connectivity index is 0. The lowest BCUT2D eigenvalue weighted by molar-refractivity contribution is 0.0625. The predicted octanol–water partition coefficient (Wildman–Crippen LogP) is 0.317. The minimum atomic E-state index is -0.107. The molecule has 0 aromatic carbocycles. The first-order chi connectivity index (χ1) is 3.91. The van der Waals surface area contributed by atoms with Gasteiger partial charge < -0.3 is 4.74 Å². The van der Waals surface area contributed by atoms with E-state index >= 15 is 0 Å². The van der Waals surface area contributed by atoms with Gasteiger partial charge in [-0.15, -0.1) is 0 Å². The molecule has 0 aliphatic carbocycles. The van der Waals surface area contributed by atoms with Crippen LogP contribution in [0.15, 0.2) is 0 Å². The summed E-state index contributed by atoms with van der Waals surface area (Å²) in [7, 11) is 0. The van der Waals surface area contributed by atoms with Gasteiger partial charge in [-0.05, 0) is 6.42 Å². The second-order valence-electron chi connectivity index (χ2n) is 1.67. The number of hydrogen-bond acceptors (Lipinski definition) is 1. The van der Waals surface area contributed by atoms with Crippen LogP contribution in [0.5, 0.6) is 0 Å². The molecule has 0 aromatic rings. The molecule has 0 saturated carbocycles. The van der Waals surface area contributed by atoms with E-state index in [1.165, 1.54) is 0 Å². The summed E-state index contributed by atoms with van der Waals surface area (Å²) in [4.78, 5) is 0. The summed E-state index contributed by atoms with van der Waals surface area (Å²) >= 11 is 0. The van der Waals surface area contributed by atoms with E-state index in [-0.39, 0.29) is 29.7 Å². The summed E-state index contributed by atoms with van der Waals surface area (Å²) in [5, 5.41) is 9.77. The highest BCUT2D eigenvalue weighted by Gasteiger charge is 1.83. The molecule has 0 fully saturated rings. The van der Waals surface area contributed by atoms with Crippen molar-refractivity contribution in [2.75, 3.05) is 19.8 Å². The van der Waals surface area contributed by atoms with Gasteiger partial charge in [-0.1, -0.05) is 13.3 Å². The number of ether oxygens (including phenoxy) is 1.